The number of benzene rings is 1. The summed E-state index contributed by atoms with van der Waals surface area (Å²) in [7, 11) is 0. The lowest BCUT2D eigenvalue weighted by Gasteiger charge is -2.11. The van der Waals surface area contributed by atoms with Crippen LogP contribution in [0.1, 0.15) is 6.42 Å². The molecule has 1 atom stereocenters. The van der Waals surface area contributed by atoms with Gasteiger partial charge in [0, 0.05) is 6.42 Å². The van der Waals surface area contributed by atoms with E-state index in [1.165, 1.54) is 0 Å². The van der Waals surface area contributed by atoms with E-state index < -0.39 is 53.5 Å². The number of carbonyl (C=O) groups is 1. The number of carboxylic acids is 1. The van der Waals surface area contributed by atoms with Crippen LogP contribution < -0.4 is 10.5 Å². The number of carboxylic acid groups (broad SMARTS) is 1. The van der Waals surface area contributed by atoms with E-state index >= 15 is 0 Å². The summed E-state index contributed by atoms with van der Waals surface area (Å²) in [5.41, 5.74) is 5.07. The van der Waals surface area contributed by atoms with E-state index in [1.807, 2.05) is 0 Å². The van der Waals surface area contributed by atoms with Crippen molar-refractivity contribution < 1.29 is 36.6 Å². The summed E-state index contributed by atoms with van der Waals surface area (Å²) in [5, 5.41) is 8.41. The topological polar surface area (TPSA) is 72.5 Å². The Labute approximate surface area is 103 Å². The highest BCUT2D eigenvalue weighted by Crippen LogP contribution is 2.29. The van der Waals surface area contributed by atoms with Crippen LogP contribution in [-0.4, -0.2) is 23.7 Å². The zero-order valence-corrected chi connectivity index (χ0v) is 9.22. The lowest BCUT2D eigenvalue weighted by molar-refractivity contribution is -0.138. The Balaban J connectivity index is 2.88. The van der Waals surface area contributed by atoms with E-state index in [0.717, 1.165) is 0 Å². The maximum Gasteiger partial charge on any atom is 0.320 e. The van der Waals surface area contributed by atoms with E-state index in [9.17, 15) is 26.7 Å². The number of rotatable bonds is 5. The predicted molar refractivity (Wildman–Crippen MR) is 52.0 cm³/mol. The van der Waals surface area contributed by atoms with Crippen molar-refractivity contribution >= 4 is 5.97 Å². The molecule has 3 N–H and O–H groups in total. The molecule has 19 heavy (non-hydrogen) atoms. The maximum atomic E-state index is 13.1. The van der Waals surface area contributed by atoms with Crippen molar-refractivity contribution in [1.29, 1.82) is 0 Å². The first-order valence-corrected chi connectivity index (χ1v) is 4.90. The van der Waals surface area contributed by atoms with Crippen molar-refractivity contribution in [2.24, 2.45) is 5.73 Å². The van der Waals surface area contributed by atoms with Gasteiger partial charge < -0.3 is 15.6 Å². The van der Waals surface area contributed by atoms with Crippen molar-refractivity contribution in [1.82, 2.24) is 0 Å². The largest absolute Gasteiger partial charge is 0.487 e. The normalized spacial score (nSPS) is 12.3. The summed E-state index contributed by atoms with van der Waals surface area (Å²) in [5.74, 6) is -13.7. The van der Waals surface area contributed by atoms with Crippen LogP contribution in [0.25, 0.3) is 0 Å². The second-order valence-electron chi connectivity index (χ2n) is 3.48. The predicted octanol–water partition coefficient (Wildman–Crippen LogP) is 1.56. The first kappa shape index (κ1) is 15.2. The summed E-state index contributed by atoms with van der Waals surface area (Å²) in [4.78, 5) is 10.3. The fourth-order valence-corrected chi connectivity index (χ4v) is 1.12. The number of hydrogen-bond donors (Lipinski definition) is 2. The highest BCUT2D eigenvalue weighted by molar-refractivity contribution is 5.72. The monoisotopic (exact) mass is 285 g/mol. The molecule has 9 heteroatoms. The minimum Gasteiger partial charge on any atom is -0.487 e. The highest BCUT2D eigenvalue weighted by atomic mass is 19.2. The van der Waals surface area contributed by atoms with Gasteiger partial charge in [-0.15, -0.1) is 0 Å². The molecular formula is C10H8F5NO3. The highest BCUT2D eigenvalue weighted by Gasteiger charge is 2.27. The van der Waals surface area contributed by atoms with Crippen molar-refractivity contribution in [3.63, 3.8) is 0 Å². The van der Waals surface area contributed by atoms with Gasteiger partial charge in [-0.3, -0.25) is 4.79 Å². The SMILES string of the molecule is NC(CCOc1c(F)c(F)c(F)c(F)c1F)C(=O)O. The minimum atomic E-state index is -2.30. The second-order valence-corrected chi connectivity index (χ2v) is 3.48. The minimum absolute atomic E-state index is 0.366. The molecule has 0 heterocycles. The van der Waals surface area contributed by atoms with Crippen molar-refractivity contribution in [3.05, 3.63) is 29.1 Å². The zero-order valence-electron chi connectivity index (χ0n) is 9.22. The molecule has 0 aliphatic heterocycles. The number of ether oxygens (including phenoxy) is 1. The van der Waals surface area contributed by atoms with Crippen molar-refractivity contribution in [2.75, 3.05) is 6.61 Å². The zero-order chi connectivity index (χ0) is 14.7. The number of hydrogen-bond acceptors (Lipinski definition) is 3. The molecule has 0 radical (unpaired) electrons. The Hall–Kier alpha value is -1.90. The number of aliphatic carboxylic acids is 1. The summed E-state index contributed by atoms with van der Waals surface area (Å²) >= 11 is 0. The molecule has 0 spiro atoms. The molecule has 0 fully saturated rings. The lowest BCUT2D eigenvalue weighted by atomic mass is 10.2. The molecule has 4 nitrogen and oxygen atoms in total. The molecule has 0 saturated carbocycles. The summed E-state index contributed by atoms with van der Waals surface area (Å²) in [6.45, 7) is -0.619. The van der Waals surface area contributed by atoms with Gasteiger partial charge in [-0.25, -0.2) is 13.2 Å². The average Bonchev–Trinajstić information content (AvgIpc) is 2.37. The molecule has 1 aromatic carbocycles. The van der Waals surface area contributed by atoms with Gasteiger partial charge >= 0.3 is 5.97 Å². The van der Waals surface area contributed by atoms with Crippen LogP contribution in [0.2, 0.25) is 0 Å². The average molecular weight is 285 g/mol. The van der Waals surface area contributed by atoms with Gasteiger partial charge in [0.2, 0.25) is 29.1 Å². The second kappa shape index (κ2) is 5.83. The Kier molecular flexibility index (Phi) is 4.65. The lowest BCUT2D eigenvalue weighted by Crippen LogP contribution is -2.31. The quantitative estimate of drug-likeness (QED) is 0.489. The Bertz CT molecular complexity index is 479. The Morgan fingerprint density at radius 1 is 1.05 bits per heavy atom. The third-order valence-corrected chi connectivity index (χ3v) is 2.16. The third-order valence-electron chi connectivity index (χ3n) is 2.16. The summed E-state index contributed by atoms with van der Waals surface area (Å²) < 4.78 is 68.7. The molecule has 106 valence electrons. The Morgan fingerprint density at radius 2 is 1.47 bits per heavy atom. The molecule has 0 bridgehead atoms. The molecule has 1 rings (SSSR count). The van der Waals surface area contributed by atoms with Gasteiger partial charge in [-0.05, 0) is 0 Å². The Morgan fingerprint density at radius 3 is 1.89 bits per heavy atom. The molecular weight excluding hydrogens is 277 g/mol. The van der Waals surface area contributed by atoms with Gasteiger partial charge in [0.05, 0.1) is 6.61 Å². The van der Waals surface area contributed by atoms with Gasteiger partial charge in [-0.1, -0.05) is 0 Å². The number of nitrogens with two attached hydrogens (primary N) is 1. The number of halogens is 5. The molecule has 0 saturated heterocycles. The first-order valence-electron chi connectivity index (χ1n) is 4.90. The van der Waals surface area contributed by atoms with Gasteiger partial charge in [-0.2, -0.15) is 8.78 Å². The van der Waals surface area contributed by atoms with Crippen molar-refractivity contribution in [3.8, 4) is 5.75 Å². The van der Waals surface area contributed by atoms with E-state index in [4.69, 9.17) is 10.8 Å². The standard InChI is InChI=1S/C10H8F5NO3/c11-4-5(12)7(14)9(8(15)6(4)13)19-2-1-3(16)10(17)18/h3H,1-2,16H2,(H,17,18). The van der Waals surface area contributed by atoms with E-state index in [1.54, 1.807) is 0 Å². The van der Waals surface area contributed by atoms with Gasteiger partial charge in [0.25, 0.3) is 0 Å². The van der Waals surface area contributed by atoms with Gasteiger partial charge in [0.1, 0.15) is 6.04 Å². The summed E-state index contributed by atoms with van der Waals surface area (Å²) in [6, 6.07) is -1.37. The summed E-state index contributed by atoms with van der Waals surface area (Å²) in [6.07, 6.45) is -0.366. The van der Waals surface area contributed by atoms with Crippen LogP contribution in [0.5, 0.6) is 5.75 Å². The fraction of sp³-hybridized carbons (Fsp3) is 0.300. The molecule has 0 aliphatic carbocycles. The van der Waals surface area contributed by atoms with Crippen LogP contribution >= 0.6 is 0 Å². The van der Waals surface area contributed by atoms with E-state index in [-0.39, 0.29) is 6.42 Å². The first-order chi connectivity index (χ1) is 8.77. The maximum absolute atomic E-state index is 13.1. The molecule has 0 aliphatic rings. The van der Waals surface area contributed by atoms with Crippen LogP contribution in [0.15, 0.2) is 0 Å². The molecule has 1 unspecified atom stereocenters. The van der Waals surface area contributed by atoms with E-state index in [2.05, 4.69) is 4.74 Å². The fourth-order valence-electron chi connectivity index (χ4n) is 1.12. The smallest absolute Gasteiger partial charge is 0.320 e. The molecule has 0 aromatic heterocycles. The van der Waals surface area contributed by atoms with Crippen LogP contribution in [0.3, 0.4) is 0 Å². The van der Waals surface area contributed by atoms with Gasteiger partial charge in [0.15, 0.2) is 5.75 Å². The van der Waals surface area contributed by atoms with Crippen LogP contribution in [0.4, 0.5) is 22.0 Å². The third kappa shape index (κ3) is 3.11. The van der Waals surface area contributed by atoms with Crippen LogP contribution in [0, 0.1) is 29.1 Å². The van der Waals surface area contributed by atoms with E-state index in [0.29, 0.717) is 0 Å². The van der Waals surface area contributed by atoms with Crippen molar-refractivity contribution in [2.45, 2.75) is 12.5 Å². The molecule has 1 aromatic rings. The molecule has 0 amide bonds. The van der Waals surface area contributed by atoms with Crippen LogP contribution in [-0.2, 0) is 4.79 Å².